The fraction of sp³-hybridized carbons (Fsp3) is 0.294. The molecule has 0 spiro atoms. The number of pyridine rings is 2. The Hall–Kier alpha value is -2.65. The molecule has 1 amide bonds. The van der Waals surface area contributed by atoms with Crippen LogP contribution in [0.25, 0.3) is 0 Å². The molecule has 1 aliphatic rings. The van der Waals surface area contributed by atoms with E-state index in [1.54, 1.807) is 30.5 Å². The second-order valence-electron chi connectivity index (χ2n) is 5.59. The number of aromatic nitrogens is 2. The summed E-state index contributed by atoms with van der Waals surface area (Å²) in [6, 6.07) is 9.03. The number of amides is 1. The van der Waals surface area contributed by atoms with Crippen LogP contribution in [0.1, 0.15) is 28.9 Å². The zero-order chi connectivity index (χ0) is 16.9. The van der Waals surface area contributed by atoms with E-state index in [-0.39, 0.29) is 11.9 Å². The number of carbonyl (C=O) groups is 1. The minimum atomic E-state index is -0.149. The quantitative estimate of drug-likeness (QED) is 0.927. The molecule has 1 saturated heterocycles. The molecule has 3 heterocycles. The summed E-state index contributed by atoms with van der Waals surface area (Å²) in [5.41, 5.74) is 0.873. The first-order valence-corrected chi connectivity index (χ1v) is 8.07. The highest BCUT2D eigenvalue weighted by Gasteiger charge is 2.23. The van der Waals surface area contributed by atoms with Gasteiger partial charge < -0.3 is 10.2 Å². The Morgan fingerprint density at radius 2 is 2.12 bits per heavy atom. The molecule has 1 N–H and O–H groups in total. The highest BCUT2D eigenvalue weighted by atomic mass is 35.5. The molecule has 3 rings (SSSR count). The van der Waals surface area contributed by atoms with Crippen LogP contribution >= 0.6 is 11.6 Å². The zero-order valence-corrected chi connectivity index (χ0v) is 13.7. The summed E-state index contributed by atoms with van der Waals surface area (Å²) in [4.78, 5) is 22.6. The van der Waals surface area contributed by atoms with Gasteiger partial charge in [-0.05, 0) is 31.0 Å². The van der Waals surface area contributed by atoms with Gasteiger partial charge in [0.2, 0.25) is 0 Å². The van der Waals surface area contributed by atoms with E-state index in [1.807, 2.05) is 6.07 Å². The topological polar surface area (TPSA) is 81.9 Å². The summed E-state index contributed by atoms with van der Waals surface area (Å²) >= 11 is 6.21. The van der Waals surface area contributed by atoms with Crippen LogP contribution in [0.15, 0.2) is 36.7 Å². The highest BCUT2D eigenvalue weighted by molar-refractivity contribution is 6.33. The first-order valence-electron chi connectivity index (χ1n) is 7.70. The third-order valence-electron chi connectivity index (χ3n) is 3.98. The Bertz CT molecular complexity index is 766. The predicted molar refractivity (Wildman–Crippen MR) is 90.9 cm³/mol. The van der Waals surface area contributed by atoms with Crippen molar-refractivity contribution < 1.29 is 4.79 Å². The van der Waals surface area contributed by atoms with Crippen molar-refractivity contribution in [3.8, 4) is 6.07 Å². The van der Waals surface area contributed by atoms with Gasteiger partial charge in [-0.1, -0.05) is 17.7 Å². The maximum atomic E-state index is 12.1. The van der Waals surface area contributed by atoms with E-state index in [2.05, 4.69) is 20.2 Å². The lowest BCUT2D eigenvalue weighted by Gasteiger charge is -2.33. The molecule has 122 valence electrons. The Kier molecular flexibility index (Phi) is 4.92. The summed E-state index contributed by atoms with van der Waals surface area (Å²) in [5.74, 6) is 0.536. The van der Waals surface area contributed by atoms with Crippen LogP contribution in [-0.4, -0.2) is 35.0 Å². The molecule has 0 unspecified atom stereocenters. The van der Waals surface area contributed by atoms with Gasteiger partial charge in [0, 0.05) is 31.5 Å². The van der Waals surface area contributed by atoms with Crippen LogP contribution in [0.5, 0.6) is 0 Å². The molecule has 0 radical (unpaired) electrons. The molecule has 0 saturated carbocycles. The first-order chi connectivity index (χ1) is 11.7. The SMILES string of the molecule is N#Cc1cnc(N2CCC(NC(=O)c3ccccn3)CC2)c(Cl)c1. The van der Waals surface area contributed by atoms with Gasteiger partial charge in [0.25, 0.3) is 5.91 Å². The lowest BCUT2D eigenvalue weighted by molar-refractivity contribution is 0.0926. The van der Waals surface area contributed by atoms with E-state index < -0.39 is 0 Å². The molecule has 7 heteroatoms. The molecule has 0 aromatic carbocycles. The summed E-state index contributed by atoms with van der Waals surface area (Å²) in [5, 5.41) is 12.4. The van der Waals surface area contributed by atoms with Crippen LogP contribution < -0.4 is 10.2 Å². The van der Waals surface area contributed by atoms with Crippen LogP contribution in [-0.2, 0) is 0 Å². The Morgan fingerprint density at radius 1 is 1.33 bits per heavy atom. The third-order valence-corrected chi connectivity index (χ3v) is 4.26. The fourth-order valence-corrected chi connectivity index (χ4v) is 3.00. The van der Waals surface area contributed by atoms with E-state index in [0.29, 0.717) is 22.1 Å². The van der Waals surface area contributed by atoms with E-state index in [4.69, 9.17) is 16.9 Å². The molecule has 24 heavy (non-hydrogen) atoms. The van der Waals surface area contributed by atoms with Crippen molar-refractivity contribution in [3.63, 3.8) is 0 Å². The van der Waals surface area contributed by atoms with Gasteiger partial charge in [0.05, 0.1) is 10.6 Å². The molecule has 0 aliphatic carbocycles. The second-order valence-corrected chi connectivity index (χ2v) is 6.00. The third kappa shape index (κ3) is 3.63. The molecule has 1 aliphatic heterocycles. The number of carbonyl (C=O) groups excluding carboxylic acids is 1. The number of nitrogens with zero attached hydrogens (tertiary/aromatic N) is 4. The second kappa shape index (κ2) is 7.28. The number of anilines is 1. The van der Waals surface area contributed by atoms with Crippen LogP contribution in [0, 0.1) is 11.3 Å². The standard InChI is InChI=1S/C17H16ClN5O/c18-14-9-12(10-19)11-21-16(14)23-7-4-13(5-8-23)22-17(24)15-3-1-2-6-20-15/h1-3,6,9,11,13H,4-5,7-8H2,(H,22,24). The van der Waals surface area contributed by atoms with Crippen LogP contribution in [0.4, 0.5) is 5.82 Å². The van der Waals surface area contributed by atoms with Crippen molar-refractivity contribution in [1.82, 2.24) is 15.3 Å². The van der Waals surface area contributed by atoms with Gasteiger partial charge in [0.15, 0.2) is 0 Å². The molecule has 1 fully saturated rings. The number of piperidine rings is 1. The summed E-state index contributed by atoms with van der Waals surface area (Å²) < 4.78 is 0. The summed E-state index contributed by atoms with van der Waals surface area (Å²) in [6.45, 7) is 1.48. The smallest absolute Gasteiger partial charge is 0.270 e. The molecule has 0 bridgehead atoms. The van der Waals surface area contributed by atoms with E-state index in [1.165, 1.54) is 6.20 Å². The normalized spacial score (nSPS) is 14.9. The van der Waals surface area contributed by atoms with E-state index in [0.717, 1.165) is 25.9 Å². The molecule has 0 atom stereocenters. The lowest BCUT2D eigenvalue weighted by Crippen LogP contribution is -2.45. The van der Waals surface area contributed by atoms with Crippen molar-refractivity contribution >= 4 is 23.3 Å². The van der Waals surface area contributed by atoms with Gasteiger partial charge in [-0.2, -0.15) is 5.26 Å². The molecule has 2 aromatic heterocycles. The van der Waals surface area contributed by atoms with Crippen molar-refractivity contribution in [3.05, 3.63) is 52.9 Å². The number of halogens is 1. The van der Waals surface area contributed by atoms with Gasteiger partial charge in [-0.15, -0.1) is 0 Å². The average Bonchev–Trinajstić information content (AvgIpc) is 2.63. The molecule has 6 nitrogen and oxygen atoms in total. The first kappa shape index (κ1) is 16.2. The van der Waals surface area contributed by atoms with Crippen LogP contribution in [0.3, 0.4) is 0 Å². The maximum Gasteiger partial charge on any atom is 0.270 e. The molecular weight excluding hydrogens is 326 g/mol. The Labute approximate surface area is 145 Å². The maximum absolute atomic E-state index is 12.1. The van der Waals surface area contributed by atoms with Crippen molar-refractivity contribution in [2.45, 2.75) is 18.9 Å². The van der Waals surface area contributed by atoms with Crippen molar-refractivity contribution in [2.24, 2.45) is 0 Å². The number of nitriles is 1. The highest BCUT2D eigenvalue weighted by Crippen LogP contribution is 2.26. The van der Waals surface area contributed by atoms with E-state index in [9.17, 15) is 4.79 Å². The monoisotopic (exact) mass is 341 g/mol. The average molecular weight is 342 g/mol. The number of hydrogen-bond acceptors (Lipinski definition) is 5. The molecular formula is C17H16ClN5O. The number of hydrogen-bond donors (Lipinski definition) is 1. The minimum Gasteiger partial charge on any atom is -0.355 e. The summed E-state index contributed by atoms with van der Waals surface area (Å²) in [7, 11) is 0. The van der Waals surface area contributed by atoms with Gasteiger partial charge in [-0.25, -0.2) is 4.98 Å². The van der Waals surface area contributed by atoms with Gasteiger partial charge in [-0.3, -0.25) is 9.78 Å². The lowest BCUT2D eigenvalue weighted by atomic mass is 10.0. The summed E-state index contributed by atoms with van der Waals surface area (Å²) in [6.07, 6.45) is 4.74. The Balaban J connectivity index is 1.58. The van der Waals surface area contributed by atoms with Crippen LogP contribution in [0.2, 0.25) is 5.02 Å². The number of rotatable bonds is 3. The Morgan fingerprint density at radius 3 is 2.75 bits per heavy atom. The van der Waals surface area contributed by atoms with Gasteiger partial charge >= 0.3 is 0 Å². The minimum absolute atomic E-state index is 0.105. The number of nitrogens with one attached hydrogen (secondary N) is 1. The predicted octanol–water partition coefficient (Wildman–Crippen LogP) is 2.40. The van der Waals surface area contributed by atoms with Crippen molar-refractivity contribution in [1.29, 1.82) is 5.26 Å². The van der Waals surface area contributed by atoms with E-state index >= 15 is 0 Å². The fourth-order valence-electron chi connectivity index (χ4n) is 2.72. The zero-order valence-electron chi connectivity index (χ0n) is 12.9. The largest absolute Gasteiger partial charge is 0.355 e. The van der Waals surface area contributed by atoms with Crippen molar-refractivity contribution in [2.75, 3.05) is 18.0 Å². The van der Waals surface area contributed by atoms with Gasteiger partial charge in [0.1, 0.15) is 17.6 Å². The molecule has 2 aromatic rings.